The van der Waals surface area contributed by atoms with E-state index < -0.39 is 36.0 Å². The van der Waals surface area contributed by atoms with E-state index in [1.54, 1.807) is 13.8 Å². The lowest BCUT2D eigenvalue weighted by Crippen LogP contribution is -2.66. The van der Waals surface area contributed by atoms with Gasteiger partial charge in [0, 0.05) is 13.1 Å². The average molecular weight is 423 g/mol. The van der Waals surface area contributed by atoms with Crippen LogP contribution in [-0.2, 0) is 9.47 Å². The second-order valence-corrected chi connectivity index (χ2v) is 7.54. The second-order valence-electron chi connectivity index (χ2n) is 7.54. The van der Waals surface area contributed by atoms with Crippen LogP contribution < -0.4 is 22.1 Å². The molecule has 0 saturated heterocycles. The van der Waals surface area contributed by atoms with Crippen molar-refractivity contribution in [3.63, 3.8) is 0 Å². The van der Waals surface area contributed by atoms with Crippen molar-refractivity contribution in [1.82, 2.24) is 10.6 Å². The lowest BCUT2D eigenvalue weighted by molar-refractivity contribution is -0.0256. The van der Waals surface area contributed by atoms with Gasteiger partial charge in [0.15, 0.2) is 0 Å². The average Bonchev–Trinajstić information content (AvgIpc) is 2.73. The van der Waals surface area contributed by atoms with Gasteiger partial charge < -0.3 is 31.6 Å². The van der Waals surface area contributed by atoms with Crippen LogP contribution in [0.3, 0.4) is 0 Å². The van der Waals surface area contributed by atoms with E-state index in [9.17, 15) is 9.59 Å². The SMILES string of the molecule is CCCCNC(=O)OC(C)C(N)(C(C)OC(=O)NCCCC)C(N)c1ccccc1. The van der Waals surface area contributed by atoms with Crippen LogP contribution in [0.2, 0.25) is 0 Å². The molecular formula is C22H38N4O4. The molecular weight excluding hydrogens is 384 g/mol. The highest BCUT2D eigenvalue weighted by Crippen LogP contribution is 2.31. The van der Waals surface area contributed by atoms with Gasteiger partial charge in [0.2, 0.25) is 0 Å². The number of hydrogen-bond acceptors (Lipinski definition) is 6. The molecule has 3 atom stereocenters. The van der Waals surface area contributed by atoms with Crippen LogP contribution >= 0.6 is 0 Å². The zero-order valence-corrected chi connectivity index (χ0v) is 18.6. The molecule has 0 heterocycles. The van der Waals surface area contributed by atoms with Gasteiger partial charge in [-0.1, -0.05) is 57.0 Å². The third kappa shape index (κ3) is 7.50. The number of nitrogens with two attached hydrogens (primary N) is 2. The van der Waals surface area contributed by atoms with Gasteiger partial charge in [0.05, 0.1) is 6.04 Å². The fourth-order valence-electron chi connectivity index (χ4n) is 3.13. The van der Waals surface area contributed by atoms with Crippen molar-refractivity contribution in [2.75, 3.05) is 13.1 Å². The zero-order valence-electron chi connectivity index (χ0n) is 18.6. The Morgan fingerprint density at radius 1 is 0.933 bits per heavy atom. The van der Waals surface area contributed by atoms with Crippen molar-refractivity contribution in [2.24, 2.45) is 11.5 Å². The topological polar surface area (TPSA) is 129 Å². The number of ether oxygens (including phenoxy) is 2. The van der Waals surface area contributed by atoms with Gasteiger partial charge >= 0.3 is 12.2 Å². The second kappa shape index (κ2) is 13.1. The van der Waals surface area contributed by atoms with E-state index in [-0.39, 0.29) is 0 Å². The largest absolute Gasteiger partial charge is 0.444 e. The van der Waals surface area contributed by atoms with Crippen molar-refractivity contribution in [3.8, 4) is 0 Å². The fraction of sp³-hybridized carbons (Fsp3) is 0.636. The van der Waals surface area contributed by atoms with Crippen LogP contribution in [-0.4, -0.2) is 43.0 Å². The van der Waals surface area contributed by atoms with Gasteiger partial charge in [0.1, 0.15) is 17.7 Å². The number of carbonyl (C=O) groups excluding carboxylic acids is 2. The molecule has 1 aromatic carbocycles. The molecule has 0 aliphatic heterocycles. The highest BCUT2D eigenvalue weighted by atomic mass is 16.6. The Balaban J connectivity index is 3.00. The first-order valence-electron chi connectivity index (χ1n) is 10.8. The monoisotopic (exact) mass is 422 g/mol. The molecule has 2 amide bonds. The van der Waals surface area contributed by atoms with Crippen molar-refractivity contribution in [3.05, 3.63) is 35.9 Å². The zero-order chi connectivity index (χ0) is 22.6. The smallest absolute Gasteiger partial charge is 0.407 e. The molecule has 0 radical (unpaired) electrons. The molecule has 0 fully saturated rings. The fourth-order valence-corrected chi connectivity index (χ4v) is 3.13. The van der Waals surface area contributed by atoms with Crippen molar-refractivity contribution in [1.29, 1.82) is 0 Å². The predicted octanol–water partition coefficient (Wildman–Crippen LogP) is 3.21. The molecule has 0 aliphatic rings. The minimum Gasteiger partial charge on any atom is -0.444 e. The Hall–Kier alpha value is -2.32. The number of benzene rings is 1. The molecule has 1 aromatic rings. The summed E-state index contributed by atoms with van der Waals surface area (Å²) in [5, 5.41) is 5.40. The molecule has 8 heteroatoms. The molecule has 0 bridgehead atoms. The van der Waals surface area contributed by atoms with E-state index in [0.717, 1.165) is 31.2 Å². The van der Waals surface area contributed by atoms with Gasteiger partial charge in [0.25, 0.3) is 0 Å². The number of unbranched alkanes of at least 4 members (excludes halogenated alkanes) is 2. The van der Waals surface area contributed by atoms with Crippen molar-refractivity contribution < 1.29 is 19.1 Å². The number of nitrogens with one attached hydrogen (secondary N) is 2. The minimum atomic E-state index is -1.36. The van der Waals surface area contributed by atoms with Gasteiger partial charge in [-0.05, 0) is 32.3 Å². The summed E-state index contributed by atoms with van der Waals surface area (Å²) >= 11 is 0. The van der Waals surface area contributed by atoms with Crippen LogP contribution in [0.15, 0.2) is 30.3 Å². The molecule has 0 aliphatic carbocycles. The Morgan fingerprint density at radius 3 is 1.77 bits per heavy atom. The number of rotatable bonds is 12. The quantitative estimate of drug-likeness (QED) is 0.383. The molecule has 3 unspecified atom stereocenters. The highest BCUT2D eigenvalue weighted by Gasteiger charge is 2.48. The van der Waals surface area contributed by atoms with Gasteiger partial charge in [-0.25, -0.2) is 9.59 Å². The van der Waals surface area contributed by atoms with Gasteiger partial charge in [-0.15, -0.1) is 0 Å². The molecule has 30 heavy (non-hydrogen) atoms. The van der Waals surface area contributed by atoms with Crippen LogP contribution in [0.5, 0.6) is 0 Å². The third-order valence-corrected chi connectivity index (χ3v) is 5.27. The maximum Gasteiger partial charge on any atom is 0.407 e. The first-order valence-corrected chi connectivity index (χ1v) is 10.8. The third-order valence-electron chi connectivity index (χ3n) is 5.27. The first kappa shape index (κ1) is 25.7. The first-order chi connectivity index (χ1) is 14.3. The Bertz CT molecular complexity index is 611. The summed E-state index contributed by atoms with van der Waals surface area (Å²) in [4.78, 5) is 24.4. The Morgan fingerprint density at radius 2 is 1.37 bits per heavy atom. The van der Waals surface area contributed by atoms with Crippen molar-refractivity contribution >= 4 is 12.2 Å². The van der Waals surface area contributed by atoms with Crippen molar-refractivity contribution in [2.45, 2.75) is 77.2 Å². The van der Waals surface area contributed by atoms with Gasteiger partial charge in [-0.2, -0.15) is 0 Å². The summed E-state index contributed by atoms with van der Waals surface area (Å²) in [6, 6.07) is 8.51. The molecule has 8 nitrogen and oxygen atoms in total. The number of hydrogen-bond donors (Lipinski definition) is 4. The molecule has 1 rings (SSSR count). The van der Waals surface area contributed by atoms with Crippen LogP contribution in [0.25, 0.3) is 0 Å². The lowest BCUT2D eigenvalue weighted by Gasteiger charge is -2.43. The number of amides is 2. The molecule has 170 valence electrons. The van der Waals surface area contributed by atoms with E-state index in [1.165, 1.54) is 0 Å². The maximum absolute atomic E-state index is 12.2. The minimum absolute atomic E-state index is 0.510. The highest BCUT2D eigenvalue weighted by molar-refractivity contribution is 5.68. The van der Waals surface area contributed by atoms with E-state index in [2.05, 4.69) is 10.6 Å². The van der Waals surface area contributed by atoms with E-state index >= 15 is 0 Å². The standard InChI is InChI=1S/C22H38N4O4/c1-5-7-14-25-20(27)29-16(3)22(24,19(23)18-12-10-9-11-13-18)17(4)30-21(28)26-15-8-6-2/h9-13,16-17,19H,5-8,14-15,23-24H2,1-4H3,(H,25,27)(H,26,28). The van der Waals surface area contributed by atoms with E-state index in [4.69, 9.17) is 20.9 Å². The summed E-state index contributed by atoms with van der Waals surface area (Å²) in [6.45, 7) is 8.41. The number of carbonyl (C=O) groups is 2. The molecule has 0 spiro atoms. The van der Waals surface area contributed by atoms with Crippen LogP contribution in [0.4, 0.5) is 9.59 Å². The van der Waals surface area contributed by atoms with Crippen LogP contribution in [0, 0.1) is 0 Å². The Kier molecular flexibility index (Phi) is 11.2. The molecule has 6 N–H and O–H groups in total. The molecule has 0 aromatic heterocycles. The summed E-state index contributed by atoms with van der Waals surface area (Å²) in [7, 11) is 0. The summed E-state index contributed by atoms with van der Waals surface area (Å²) in [5.74, 6) is 0. The molecule has 0 saturated carbocycles. The maximum atomic E-state index is 12.2. The Labute approximate surface area is 180 Å². The summed E-state index contributed by atoms with van der Waals surface area (Å²) in [5.41, 5.74) is 12.7. The number of alkyl carbamates (subject to hydrolysis) is 2. The van der Waals surface area contributed by atoms with E-state index in [0.29, 0.717) is 13.1 Å². The summed E-state index contributed by atoms with van der Waals surface area (Å²) in [6.07, 6.45) is 0.786. The normalized spacial score (nSPS) is 15.9. The summed E-state index contributed by atoms with van der Waals surface area (Å²) < 4.78 is 11.1. The predicted molar refractivity (Wildman–Crippen MR) is 118 cm³/mol. The van der Waals surface area contributed by atoms with Crippen LogP contribution in [0.1, 0.15) is 65.0 Å². The lowest BCUT2D eigenvalue weighted by atomic mass is 9.78. The van der Waals surface area contributed by atoms with Gasteiger partial charge in [-0.3, -0.25) is 0 Å². The van der Waals surface area contributed by atoms with E-state index in [1.807, 2.05) is 44.2 Å².